The van der Waals surface area contributed by atoms with E-state index < -0.39 is 11.7 Å². The fourth-order valence-electron chi connectivity index (χ4n) is 3.91. The predicted octanol–water partition coefficient (Wildman–Crippen LogP) is 5.18. The molecule has 1 amide bonds. The molecule has 32 heavy (non-hydrogen) atoms. The van der Waals surface area contributed by atoms with Crippen molar-refractivity contribution in [3.05, 3.63) is 78.2 Å². The summed E-state index contributed by atoms with van der Waals surface area (Å²) in [7, 11) is 0. The number of rotatable bonds is 3. The van der Waals surface area contributed by atoms with Gasteiger partial charge >= 0.3 is 6.18 Å². The summed E-state index contributed by atoms with van der Waals surface area (Å²) in [5.41, 5.74) is 2.16. The number of hydrogen-bond acceptors (Lipinski definition) is 3. The Hall–Kier alpha value is -3.88. The summed E-state index contributed by atoms with van der Waals surface area (Å²) >= 11 is 0. The highest BCUT2D eigenvalue weighted by Crippen LogP contribution is 2.35. The Balaban J connectivity index is 1.51. The van der Waals surface area contributed by atoms with E-state index in [1.54, 1.807) is 17.1 Å². The van der Waals surface area contributed by atoms with Gasteiger partial charge in [-0.05, 0) is 31.2 Å². The lowest BCUT2D eigenvalue weighted by Gasteiger charge is -2.32. The fourth-order valence-corrected chi connectivity index (χ4v) is 3.91. The molecule has 2 aromatic heterocycles. The molecule has 0 bridgehead atoms. The Kier molecular flexibility index (Phi) is 4.61. The van der Waals surface area contributed by atoms with Crippen LogP contribution in [0.3, 0.4) is 0 Å². The molecule has 1 aliphatic heterocycles. The summed E-state index contributed by atoms with van der Waals surface area (Å²) in [6.45, 7) is 2.21. The predicted molar refractivity (Wildman–Crippen MR) is 113 cm³/mol. The Morgan fingerprint density at radius 2 is 1.75 bits per heavy atom. The molecule has 1 N–H and O–H groups in total. The van der Waals surface area contributed by atoms with E-state index in [-0.39, 0.29) is 11.9 Å². The number of halogens is 3. The molecule has 1 aliphatic rings. The zero-order chi connectivity index (χ0) is 22.5. The molecule has 2 aromatic carbocycles. The molecule has 0 spiro atoms. The van der Waals surface area contributed by atoms with E-state index >= 15 is 0 Å². The first-order valence-corrected chi connectivity index (χ1v) is 10.0. The fraction of sp³-hybridized carbons (Fsp3) is 0.174. The SMILES string of the molecule is C[C@H]1CN(c2ccc(C(F)(F)F)cc2)C(=O)c2c(-c3cnc(-c4ccccc4)[nH]3)cnn21. The van der Waals surface area contributed by atoms with Crippen LogP contribution in [0.5, 0.6) is 0 Å². The van der Waals surface area contributed by atoms with Crippen LogP contribution in [-0.4, -0.2) is 32.2 Å². The number of amides is 1. The number of anilines is 1. The minimum Gasteiger partial charge on any atom is -0.338 e. The van der Waals surface area contributed by atoms with Gasteiger partial charge in [0.15, 0.2) is 0 Å². The second-order valence-electron chi connectivity index (χ2n) is 7.67. The number of alkyl halides is 3. The number of aromatic nitrogens is 4. The highest BCUT2D eigenvalue weighted by atomic mass is 19.4. The normalized spacial score (nSPS) is 16.3. The van der Waals surface area contributed by atoms with Crippen molar-refractivity contribution in [2.24, 2.45) is 0 Å². The van der Waals surface area contributed by atoms with Crippen LogP contribution in [0.2, 0.25) is 0 Å². The van der Waals surface area contributed by atoms with Gasteiger partial charge in [0.1, 0.15) is 11.5 Å². The lowest BCUT2D eigenvalue weighted by Crippen LogP contribution is -2.42. The Labute approximate surface area is 181 Å². The number of carbonyl (C=O) groups is 1. The molecular weight excluding hydrogens is 419 g/mol. The van der Waals surface area contributed by atoms with E-state index in [1.807, 2.05) is 37.3 Å². The number of hydrogen-bond donors (Lipinski definition) is 1. The van der Waals surface area contributed by atoms with Gasteiger partial charge in [-0.25, -0.2) is 4.98 Å². The van der Waals surface area contributed by atoms with E-state index in [0.717, 1.165) is 17.7 Å². The summed E-state index contributed by atoms with van der Waals surface area (Å²) in [4.78, 5) is 22.5. The first-order chi connectivity index (χ1) is 15.3. The van der Waals surface area contributed by atoms with Crippen LogP contribution < -0.4 is 4.90 Å². The van der Waals surface area contributed by atoms with Gasteiger partial charge in [0, 0.05) is 17.8 Å². The van der Waals surface area contributed by atoms with E-state index in [1.165, 1.54) is 17.0 Å². The number of carbonyl (C=O) groups excluding carboxylic acids is 1. The number of imidazole rings is 1. The van der Waals surface area contributed by atoms with Crippen molar-refractivity contribution in [1.82, 2.24) is 19.7 Å². The van der Waals surface area contributed by atoms with Gasteiger partial charge < -0.3 is 9.88 Å². The molecule has 0 unspecified atom stereocenters. The van der Waals surface area contributed by atoms with Gasteiger partial charge in [0.2, 0.25) is 0 Å². The zero-order valence-corrected chi connectivity index (χ0v) is 17.0. The number of nitrogens with zero attached hydrogens (tertiary/aromatic N) is 4. The van der Waals surface area contributed by atoms with Crippen LogP contribution in [-0.2, 0) is 6.18 Å². The Morgan fingerprint density at radius 1 is 1.03 bits per heavy atom. The summed E-state index contributed by atoms with van der Waals surface area (Å²) in [5, 5.41) is 4.39. The maximum Gasteiger partial charge on any atom is 0.416 e. The zero-order valence-electron chi connectivity index (χ0n) is 17.0. The van der Waals surface area contributed by atoms with E-state index in [9.17, 15) is 18.0 Å². The highest BCUT2D eigenvalue weighted by molar-refractivity contribution is 6.09. The molecule has 3 heterocycles. The maximum atomic E-state index is 13.4. The molecule has 0 saturated heterocycles. The molecule has 0 fully saturated rings. The number of nitrogens with one attached hydrogen (secondary N) is 1. The van der Waals surface area contributed by atoms with Gasteiger partial charge in [-0.2, -0.15) is 18.3 Å². The van der Waals surface area contributed by atoms with E-state index in [0.29, 0.717) is 35.0 Å². The molecular formula is C23H18F3N5O. The van der Waals surface area contributed by atoms with E-state index in [2.05, 4.69) is 15.1 Å². The Bertz CT molecular complexity index is 1280. The lowest BCUT2D eigenvalue weighted by molar-refractivity contribution is -0.137. The van der Waals surface area contributed by atoms with Gasteiger partial charge in [-0.3, -0.25) is 9.48 Å². The molecule has 4 aromatic rings. The first-order valence-electron chi connectivity index (χ1n) is 10.0. The van der Waals surface area contributed by atoms with E-state index in [4.69, 9.17) is 0 Å². The van der Waals surface area contributed by atoms with Crippen molar-refractivity contribution in [3.63, 3.8) is 0 Å². The largest absolute Gasteiger partial charge is 0.416 e. The first kappa shape index (κ1) is 20.0. The average Bonchev–Trinajstić information content (AvgIpc) is 3.44. The second-order valence-corrected chi connectivity index (χ2v) is 7.67. The smallest absolute Gasteiger partial charge is 0.338 e. The van der Waals surface area contributed by atoms with Crippen LogP contribution in [0.4, 0.5) is 18.9 Å². The molecule has 0 aliphatic carbocycles. The minimum atomic E-state index is -4.43. The van der Waals surface area contributed by atoms with Crippen LogP contribution in [0.15, 0.2) is 67.0 Å². The van der Waals surface area contributed by atoms with Crippen LogP contribution in [0.25, 0.3) is 22.6 Å². The number of fused-ring (bicyclic) bond motifs is 1. The molecule has 9 heteroatoms. The quantitative estimate of drug-likeness (QED) is 0.480. The third-order valence-corrected chi connectivity index (χ3v) is 5.53. The molecule has 0 radical (unpaired) electrons. The van der Waals surface area contributed by atoms with Crippen molar-refractivity contribution in [3.8, 4) is 22.6 Å². The number of aromatic amines is 1. The molecule has 5 rings (SSSR count). The van der Waals surface area contributed by atoms with Crippen molar-refractivity contribution >= 4 is 11.6 Å². The molecule has 6 nitrogen and oxygen atoms in total. The van der Waals surface area contributed by atoms with Gasteiger partial charge in [0.25, 0.3) is 5.91 Å². The number of benzene rings is 2. The second kappa shape index (κ2) is 7.37. The maximum absolute atomic E-state index is 13.4. The van der Waals surface area contributed by atoms with Gasteiger partial charge in [-0.15, -0.1) is 0 Å². The van der Waals surface area contributed by atoms with Crippen molar-refractivity contribution in [2.75, 3.05) is 11.4 Å². The Morgan fingerprint density at radius 3 is 2.44 bits per heavy atom. The van der Waals surface area contributed by atoms with Gasteiger partial charge in [0.05, 0.1) is 35.3 Å². The summed E-state index contributed by atoms with van der Waals surface area (Å²) in [6.07, 6.45) is -1.17. The molecule has 1 atom stereocenters. The van der Waals surface area contributed by atoms with Gasteiger partial charge in [-0.1, -0.05) is 30.3 Å². The average molecular weight is 437 g/mol. The van der Waals surface area contributed by atoms with Crippen molar-refractivity contribution in [1.29, 1.82) is 0 Å². The highest BCUT2D eigenvalue weighted by Gasteiger charge is 2.35. The van der Waals surface area contributed by atoms with Crippen molar-refractivity contribution < 1.29 is 18.0 Å². The minimum absolute atomic E-state index is 0.157. The number of H-pyrrole nitrogens is 1. The summed E-state index contributed by atoms with van der Waals surface area (Å²) in [5.74, 6) is 0.336. The standard InChI is InChI=1S/C23H18F3N5O/c1-14-13-30(17-9-7-16(8-10-17)23(24,25)26)22(32)20-18(11-28-31(14)20)19-12-27-21(29-19)15-5-3-2-4-6-15/h2-12,14H,13H2,1H3,(H,27,29)/t14-/m0/s1. The third-order valence-electron chi connectivity index (χ3n) is 5.53. The molecule has 0 saturated carbocycles. The van der Waals surface area contributed by atoms with Crippen molar-refractivity contribution in [2.45, 2.75) is 19.1 Å². The summed E-state index contributed by atoms with van der Waals surface area (Å²) in [6, 6.07) is 14.0. The topological polar surface area (TPSA) is 66.8 Å². The van der Waals surface area contributed by atoms with Crippen LogP contribution >= 0.6 is 0 Å². The van der Waals surface area contributed by atoms with Crippen LogP contribution in [0.1, 0.15) is 29.0 Å². The lowest BCUT2D eigenvalue weighted by atomic mass is 10.1. The summed E-state index contributed by atoms with van der Waals surface area (Å²) < 4.78 is 40.4. The molecule has 162 valence electrons. The van der Waals surface area contributed by atoms with Crippen LogP contribution in [0, 0.1) is 0 Å². The monoisotopic (exact) mass is 437 g/mol. The third kappa shape index (κ3) is 3.35.